The van der Waals surface area contributed by atoms with Crippen molar-refractivity contribution in [3.8, 4) is 5.75 Å². The van der Waals surface area contributed by atoms with Crippen LogP contribution in [0.4, 0.5) is 15.8 Å². The van der Waals surface area contributed by atoms with Crippen molar-refractivity contribution in [3.05, 3.63) is 94.2 Å². The summed E-state index contributed by atoms with van der Waals surface area (Å²) in [4.78, 5) is 37.1. The second kappa shape index (κ2) is 9.66. The molecule has 1 heterocycles. The summed E-state index contributed by atoms with van der Waals surface area (Å²) in [6.45, 7) is -0.261. The van der Waals surface area contributed by atoms with Crippen molar-refractivity contribution >= 4 is 51.1 Å². The van der Waals surface area contributed by atoms with Crippen molar-refractivity contribution < 1.29 is 23.5 Å². The van der Waals surface area contributed by atoms with Crippen LogP contribution in [0.25, 0.3) is 6.08 Å². The Labute approximate surface area is 197 Å². The first-order valence-electron chi connectivity index (χ1n) is 9.80. The molecule has 1 aliphatic heterocycles. The van der Waals surface area contributed by atoms with E-state index in [1.54, 1.807) is 42.5 Å². The second-order valence-electron chi connectivity index (χ2n) is 7.01. The van der Waals surface area contributed by atoms with Crippen LogP contribution in [0.2, 0.25) is 0 Å². The normalized spacial score (nSPS) is 14.4. The van der Waals surface area contributed by atoms with Gasteiger partial charge in [-0.1, -0.05) is 24.3 Å². The molecule has 33 heavy (non-hydrogen) atoms. The Balaban J connectivity index is 1.41. The topological polar surface area (TPSA) is 87.7 Å². The van der Waals surface area contributed by atoms with Crippen LogP contribution in [-0.2, 0) is 14.4 Å². The third-order valence-corrected chi connectivity index (χ3v) is 5.28. The summed E-state index contributed by atoms with van der Waals surface area (Å²) in [5.74, 6) is -1.36. The van der Waals surface area contributed by atoms with E-state index in [1.165, 1.54) is 35.4 Å². The molecule has 1 saturated heterocycles. The van der Waals surface area contributed by atoms with Crippen molar-refractivity contribution in [2.75, 3.05) is 16.9 Å². The number of nitrogens with one attached hydrogen (secondary N) is 2. The maximum Gasteiger partial charge on any atom is 0.282 e. The quantitative estimate of drug-likeness (QED) is 0.387. The molecule has 9 heteroatoms. The smallest absolute Gasteiger partial charge is 0.282 e. The van der Waals surface area contributed by atoms with Crippen molar-refractivity contribution in [2.24, 2.45) is 0 Å². The first kappa shape index (κ1) is 22.2. The van der Waals surface area contributed by atoms with Crippen LogP contribution in [0.1, 0.15) is 5.56 Å². The molecule has 0 atom stereocenters. The Morgan fingerprint density at radius 2 is 1.79 bits per heavy atom. The molecule has 0 unspecified atom stereocenters. The van der Waals surface area contributed by atoms with Gasteiger partial charge in [0.15, 0.2) is 6.61 Å². The Morgan fingerprint density at radius 3 is 2.48 bits per heavy atom. The van der Waals surface area contributed by atoms with Gasteiger partial charge in [0.1, 0.15) is 17.1 Å². The zero-order chi connectivity index (χ0) is 23.4. The molecule has 166 valence electrons. The Bertz CT molecular complexity index is 1250. The zero-order valence-corrected chi connectivity index (χ0v) is 18.6. The Hall–Kier alpha value is -3.98. The fourth-order valence-electron chi connectivity index (χ4n) is 3.08. The third kappa shape index (κ3) is 5.27. The molecule has 0 aromatic heterocycles. The minimum Gasteiger partial charge on any atom is -0.483 e. The van der Waals surface area contributed by atoms with Gasteiger partial charge in [0, 0.05) is 5.69 Å². The van der Waals surface area contributed by atoms with E-state index in [1.807, 2.05) is 6.07 Å². The Morgan fingerprint density at radius 1 is 1.06 bits per heavy atom. The highest BCUT2D eigenvalue weighted by atomic mass is 79.9. The molecule has 0 saturated carbocycles. The number of anilines is 2. The van der Waals surface area contributed by atoms with E-state index < -0.39 is 23.5 Å². The van der Waals surface area contributed by atoms with Gasteiger partial charge in [0.25, 0.3) is 17.7 Å². The average Bonchev–Trinajstić information content (AvgIpc) is 3.09. The maximum absolute atomic E-state index is 12.9. The monoisotopic (exact) mass is 509 g/mol. The lowest BCUT2D eigenvalue weighted by Crippen LogP contribution is -2.35. The number of amides is 3. The minimum atomic E-state index is -0.502. The highest BCUT2D eigenvalue weighted by Gasteiger charge is 2.34. The van der Waals surface area contributed by atoms with Crippen LogP contribution in [0, 0.1) is 5.82 Å². The van der Waals surface area contributed by atoms with Gasteiger partial charge in [0.05, 0.1) is 10.2 Å². The standard InChI is InChI=1S/C24H17BrFN3O4/c25-20-13-15(12-19-23(31)28-29(24(19)32)18-4-2-1-3-5-18)6-11-21(20)33-14-22(30)27-17-9-7-16(26)8-10-17/h1-13H,14H2,(H,27,30)(H,28,31)/b19-12-. The molecule has 0 aliphatic carbocycles. The molecular formula is C24H17BrFN3O4. The summed E-state index contributed by atoms with van der Waals surface area (Å²) in [5.41, 5.74) is 4.15. The molecule has 4 rings (SSSR count). The van der Waals surface area contributed by atoms with Crippen LogP contribution in [0.5, 0.6) is 5.75 Å². The zero-order valence-electron chi connectivity index (χ0n) is 17.0. The molecule has 1 aliphatic rings. The maximum atomic E-state index is 12.9. The van der Waals surface area contributed by atoms with Gasteiger partial charge in [-0.25, -0.2) is 9.40 Å². The molecule has 3 amide bonds. The second-order valence-corrected chi connectivity index (χ2v) is 7.86. The predicted molar refractivity (Wildman–Crippen MR) is 125 cm³/mol. The van der Waals surface area contributed by atoms with Crippen LogP contribution >= 0.6 is 15.9 Å². The van der Waals surface area contributed by atoms with Crippen LogP contribution in [-0.4, -0.2) is 24.3 Å². The first-order chi connectivity index (χ1) is 15.9. The first-order valence-corrected chi connectivity index (χ1v) is 10.6. The van der Waals surface area contributed by atoms with Gasteiger partial charge in [-0.05, 0) is 76.1 Å². The van der Waals surface area contributed by atoms with E-state index >= 15 is 0 Å². The average molecular weight is 510 g/mol. The van der Waals surface area contributed by atoms with E-state index in [0.717, 1.165) is 0 Å². The van der Waals surface area contributed by atoms with Crippen LogP contribution in [0.15, 0.2) is 82.8 Å². The third-order valence-electron chi connectivity index (χ3n) is 4.66. The minimum absolute atomic E-state index is 0.00176. The number of halogens is 2. The fourth-order valence-corrected chi connectivity index (χ4v) is 3.59. The number of nitrogens with zero attached hydrogens (tertiary/aromatic N) is 1. The van der Waals surface area contributed by atoms with Crippen molar-refractivity contribution in [2.45, 2.75) is 0 Å². The van der Waals surface area contributed by atoms with Crippen molar-refractivity contribution in [1.29, 1.82) is 0 Å². The summed E-state index contributed by atoms with van der Waals surface area (Å²) in [7, 11) is 0. The van der Waals surface area contributed by atoms with Gasteiger partial charge < -0.3 is 10.1 Å². The summed E-state index contributed by atoms with van der Waals surface area (Å²) in [5, 5.41) is 3.80. The van der Waals surface area contributed by atoms with Crippen molar-refractivity contribution in [3.63, 3.8) is 0 Å². The summed E-state index contributed by atoms with van der Waals surface area (Å²) >= 11 is 3.38. The number of para-hydroxylation sites is 1. The van der Waals surface area contributed by atoms with E-state index in [4.69, 9.17) is 4.74 Å². The lowest BCUT2D eigenvalue weighted by Gasteiger charge is -2.13. The summed E-state index contributed by atoms with van der Waals surface area (Å²) in [6.07, 6.45) is 1.48. The number of hydrogen-bond acceptors (Lipinski definition) is 4. The van der Waals surface area contributed by atoms with Gasteiger partial charge in [-0.15, -0.1) is 0 Å². The number of carbonyl (C=O) groups excluding carboxylic acids is 3. The SMILES string of the molecule is O=C(COc1ccc(/C=C2/C(=O)NN(c3ccccc3)C2=O)cc1Br)Nc1ccc(F)cc1. The number of carbonyl (C=O) groups is 3. The van der Waals surface area contributed by atoms with Crippen LogP contribution < -0.4 is 20.5 Å². The number of benzene rings is 3. The van der Waals surface area contributed by atoms with E-state index in [9.17, 15) is 18.8 Å². The molecule has 3 aromatic carbocycles. The highest BCUT2D eigenvalue weighted by molar-refractivity contribution is 9.10. The molecule has 3 aromatic rings. The highest BCUT2D eigenvalue weighted by Crippen LogP contribution is 2.28. The fraction of sp³-hybridized carbons (Fsp3) is 0.0417. The predicted octanol–water partition coefficient (Wildman–Crippen LogP) is 4.07. The molecule has 7 nitrogen and oxygen atoms in total. The Kier molecular flexibility index (Phi) is 6.50. The lowest BCUT2D eigenvalue weighted by atomic mass is 10.1. The largest absolute Gasteiger partial charge is 0.483 e. The van der Waals surface area contributed by atoms with Crippen molar-refractivity contribution in [1.82, 2.24) is 5.43 Å². The molecular weight excluding hydrogens is 493 g/mol. The van der Waals surface area contributed by atoms with Gasteiger partial charge in [0.2, 0.25) is 0 Å². The molecule has 0 radical (unpaired) electrons. The number of rotatable bonds is 6. The van der Waals surface area contributed by atoms with Gasteiger partial charge >= 0.3 is 0 Å². The molecule has 1 fully saturated rings. The van der Waals surface area contributed by atoms with Crippen LogP contribution in [0.3, 0.4) is 0 Å². The summed E-state index contributed by atoms with van der Waals surface area (Å²) in [6, 6.07) is 19.1. The number of ether oxygens (including phenoxy) is 1. The summed E-state index contributed by atoms with van der Waals surface area (Å²) < 4.78 is 19.0. The van der Waals surface area contributed by atoms with E-state index in [-0.39, 0.29) is 12.2 Å². The lowest BCUT2D eigenvalue weighted by molar-refractivity contribution is -0.118. The van der Waals surface area contributed by atoms with Gasteiger partial charge in [-0.3, -0.25) is 19.8 Å². The van der Waals surface area contributed by atoms with Gasteiger partial charge in [-0.2, -0.15) is 0 Å². The molecule has 2 N–H and O–H groups in total. The molecule has 0 bridgehead atoms. The van der Waals surface area contributed by atoms with E-state index in [2.05, 4.69) is 26.7 Å². The number of hydrogen-bond donors (Lipinski definition) is 2. The molecule has 0 spiro atoms. The van der Waals surface area contributed by atoms with E-state index in [0.29, 0.717) is 27.2 Å². The number of hydrazine groups is 1.